The number of hydrogen-bond acceptors (Lipinski definition) is 9. The highest BCUT2D eigenvalue weighted by Crippen LogP contribution is 2.38. The summed E-state index contributed by atoms with van der Waals surface area (Å²) in [6, 6.07) is 18.3. The number of anilines is 2. The number of carbonyl (C=O) groups excluding carboxylic acids is 2. The van der Waals surface area contributed by atoms with E-state index in [0.717, 1.165) is 84.8 Å². The molecular weight excluding hydrogens is 648 g/mol. The summed E-state index contributed by atoms with van der Waals surface area (Å²) in [4.78, 5) is 31.5. The molecule has 0 spiro atoms. The van der Waals surface area contributed by atoms with E-state index in [1.807, 2.05) is 51.1 Å². The van der Waals surface area contributed by atoms with Crippen molar-refractivity contribution in [1.29, 1.82) is 0 Å². The molecule has 0 radical (unpaired) electrons. The Bertz CT molecular complexity index is 1580. The molecule has 0 bridgehead atoms. The largest absolute Gasteiger partial charge is 0.494 e. The summed E-state index contributed by atoms with van der Waals surface area (Å²) in [5, 5.41) is 6.36. The van der Waals surface area contributed by atoms with Gasteiger partial charge in [0.05, 0.1) is 32.5 Å². The number of ether oxygens (including phenoxy) is 5. The average Bonchev–Trinajstić information content (AvgIpc) is 3.12. The number of aromatic nitrogens is 1. The third kappa shape index (κ3) is 11.1. The van der Waals surface area contributed by atoms with E-state index in [2.05, 4.69) is 39.9 Å². The minimum atomic E-state index is -0.598. The fourth-order valence-electron chi connectivity index (χ4n) is 6.58. The molecule has 5 rings (SSSR count). The van der Waals surface area contributed by atoms with E-state index in [4.69, 9.17) is 23.7 Å². The molecule has 3 unspecified atom stereocenters. The molecule has 3 aromatic rings. The van der Waals surface area contributed by atoms with Crippen LogP contribution in [0.1, 0.15) is 88.0 Å². The number of fused-ring (bicyclic) bond motifs is 1. The van der Waals surface area contributed by atoms with Gasteiger partial charge in [-0.3, -0.25) is 4.79 Å². The molecule has 0 aliphatic carbocycles. The van der Waals surface area contributed by atoms with Crippen molar-refractivity contribution in [1.82, 2.24) is 9.88 Å². The smallest absolute Gasteiger partial charge is 0.410 e. The van der Waals surface area contributed by atoms with Gasteiger partial charge in [0, 0.05) is 51.0 Å². The third-order valence-corrected chi connectivity index (χ3v) is 9.20. The second kappa shape index (κ2) is 18.2. The van der Waals surface area contributed by atoms with Crippen molar-refractivity contribution >= 4 is 23.5 Å². The Morgan fingerprint density at radius 1 is 1.04 bits per heavy atom. The maximum absolute atomic E-state index is 13.2. The average molecular weight is 703 g/mol. The van der Waals surface area contributed by atoms with Crippen molar-refractivity contribution in [2.45, 2.75) is 89.4 Å². The lowest BCUT2D eigenvalue weighted by Gasteiger charge is -2.40. The lowest BCUT2D eigenvalue weighted by molar-refractivity contribution is -0.116. The highest BCUT2D eigenvalue weighted by molar-refractivity contribution is 5.94. The van der Waals surface area contributed by atoms with E-state index in [9.17, 15) is 9.59 Å². The summed E-state index contributed by atoms with van der Waals surface area (Å²) in [5.74, 6) is 2.37. The molecule has 11 nitrogen and oxygen atoms in total. The molecule has 3 heterocycles. The van der Waals surface area contributed by atoms with Crippen LogP contribution in [-0.4, -0.2) is 80.7 Å². The predicted molar refractivity (Wildman–Crippen MR) is 198 cm³/mol. The van der Waals surface area contributed by atoms with Gasteiger partial charge in [0.2, 0.25) is 5.91 Å². The molecule has 11 heteroatoms. The Labute approximate surface area is 302 Å². The van der Waals surface area contributed by atoms with E-state index in [0.29, 0.717) is 32.7 Å². The molecule has 2 aliphatic rings. The maximum Gasteiger partial charge on any atom is 0.410 e. The molecule has 1 fully saturated rings. The first kappa shape index (κ1) is 37.9. The monoisotopic (exact) mass is 702 g/mol. The summed E-state index contributed by atoms with van der Waals surface area (Å²) in [5.41, 5.74) is 3.51. The number of nitrogens with one attached hydrogen (secondary N) is 2. The quantitative estimate of drug-likeness (QED) is 0.146. The zero-order chi connectivity index (χ0) is 36.2. The first-order valence-electron chi connectivity index (χ1n) is 18.1. The molecule has 2 N–H and O–H groups in total. The van der Waals surface area contributed by atoms with Gasteiger partial charge in [0.25, 0.3) is 0 Å². The van der Waals surface area contributed by atoms with Crippen LogP contribution in [0.25, 0.3) is 0 Å². The van der Waals surface area contributed by atoms with Crippen LogP contribution in [0.2, 0.25) is 0 Å². The van der Waals surface area contributed by atoms with Crippen LogP contribution in [0.4, 0.5) is 16.3 Å². The first-order chi connectivity index (χ1) is 24.6. The Hall–Kier alpha value is -4.35. The normalized spacial score (nSPS) is 18.0. The van der Waals surface area contributed by atoms with Crippen LogP contribution < -0.4 is 20.1 Å². The van der Waals surface area contributed by atoms with Gasteiger partial charge in [0.1, 0.15) is 11.4 Å². The summed E-state index contributed by atoms with van der Waals surface area (Å²) in [6.45, 7) is 8.59. The fraction of sp³-hybridized carbons (Fsp3) is 0.525. The topological polar surface area (TPSA) is 120 Å². The number of carbonyl (C=O) groups is 2. The van der Waals surface area contributed by atoms with Crippen molar-refractivity contribution in [3.8, 4) is 11.5 Å². The fourth-order valence-corrected chi connectivity index (χ4v) is 6.58. The Morgan fingerprint density at radius 2 is 1.86 bits per heavy atom. The molecule has 1 saturated heterocycles. The van der Waals surface area contributed by atoms with E-state index < -0.39 is 5.60 Å². The lowest BCUT2D eigenvalue weighted by atomic mass is 9.86. The SMILES string of the molecule is COCCCC(OC1CN(C(=O)OC(C)(C)C)CCC1c1ccc(OCCCCNc2ncccc2OC)cc1)c1ccc2c(c1)NC(=O)CC2. The van der Waals surface area contributed by atoms with Gasteiger partial charge < -0.3 is 39.2 Å². The third-order valence-electron chi connectivity index (χ3n) is 9.20. The van der Waals surface area contributed by atoms with Crippen molar-refractivity contribution < 1.29 is 33.3 Å². The van der Waals surface area contributed by atoms with E-state index in [-0.39, 0.29) is 30.1 Å². The Morgan fingerprint density at radius 3 is 2.63 bits per heavy atom. The van der Waals surface area contributed by atoms with Crippen LogP contribution in [-0.2, 0) is 25.4 Å². The van der Waals surface area contributed by atoms with E-state index in [1.54, 1.807) is 25.3 Å². The van der Waals surface area contributed by atoms with Gasteiger partial charge >= 0.3 is 6.09 Å². The molecule has 3 atom stereocenters. The lowest BCUT2D eigenvalue weighted by Crippen LogP contribution is -2.48. The zero-order valence-corrected chi connectivity index (χ0v) is 30.7. The molecule has 2 amide bonds. The molecule has 0 saturated carbocycles. The van der Waals surface area contributed by atoms with Crippen molar-refractivity contribution in [3.63, 3.8) is 0 Å². The standard InChI is InChI=1S/C40H54N4O7/c1-40(2,3)51-39(46)44-23-20-32(28-14-17-31(18-15-28)49-25-7-6-21-41-38-35(48-5)10-8-22-42-38)36(27-44)50-34(11-9-24-47-4)30-13-12-29-16-19-37(45)43-33(29)26-30/h8,10,12-15,17-18,22,26,32,34,36H,6-7,9,11,16,19-21,23-25,27H2,1-5H3,(H,41,42)(H,43,45). The number of likely N-dealkylation sites (tertiary alicyclic amines) is 1. The highest BCUT2D eigenvalue weighted by atomic mass is 16.6. The van der Waals surface area contributed by atoms with Gasteiger partial charge in [-0.15, -0.1) is 0 Å². The summed E-state index contributed by atoms with van der Waals surface area (Å²) >= 11 is 0. The zero-order valence-electron chi connectivity index (χ0n) is 30.7. The Balaban J connectivity index is 1.26. The Kier molecular flexibility index (Phi) is 13.5. The van der Waals surface area contributed by atoms with E-state index >= 15 is 0 Å². The van der Waals surface area contributed by atoms with Gasteiger partial charge in [-0.25, -0.2) is 9.78 Å². The van der Waals surface area contributed by atoms with Crippen LogP contribution in [0.5, 0.6) is 11.5 Å². The van der Waals surface area contributed by atoms with Crippen LogP contribution in [0, 0.1) is 0 Å². The van der Waals surface area contributed by atoms with Crippen LogP contribution >= 0.6 is 0 Å². The second-order valence-electron chi connectivity index (χ2n) is 14.2. The van der Waals surface area contributed by atoms with Gasteiger partial charge in [-0.2, -0.15) is 0 Å². The van der Waals surface area contributed by atoms with Crippen LogP contribution in [0.15, 0.2) is 60.8 Å². The number of unbranched alkanes of at least 4 members (excludes halogenated alkanes) is 1. The summed E-state index contributed by atoms with van der Waals surface area (Å²) in [6.07, 6.45) is 6.16. The van der Waals surface area contributed by atoms with Crippen molar-refractivity contribution in [2.75, 3.05) is 57.7 Å². The van der Waals surface area contributed by atoms with E-state index in [1.165, 1.54) is 0 Å². The van der Waals surface area contributed by atoms with Gasteiger partial charge in [-0.05, 0) is 106 Å². The second-order valence-corrected chi connectivity index (χ2v) is 14.2. The van der Waals surface area contributed by atoms with Crippen molar-refractivity contribution in [2.24, 2.45) is 0 Å². The highest BCUT2D eigenvalue weighted by Gasteiger charge is 2.37. The summed E-state index contributed by atoms with van der Waals surface area (Å²) < 4.78 is 29.6. The summed E-state index contributed by atoms with van der Waals surface area (Å²) in [7, 11) is 3.34. The van der Waals surface area contributed by atoms with Crippen LogP contribution in [0.3, 0.4) is 0 Å². The number of benzene rings is 2. The number of piperidine rings is 1. The molecule has 1 aromatic heterocycles. The van der Waals surface area contributed by atoms with Gasteiger partial charge in [-0.1, -0.05) is 24.3 Å². The maximum atomic E-state index is 13.2. The number of methoxy groups -OCH3 is 2. The number of hydrogen-bond donors (Lipinski definition) is 2. The minimum Gasteiger partial charge on any atom is -0.494 e. The number of amides is 2. The number of pyridine rings is 1. The molecule has 2 aliphatic heterocycles. The van der Waals surface area contributed by atoms with Gasteiger partial charge in [0.15, 0.2) is 11.6 Å². The number of rotatable bonds is 16. The number of aryl methyl sites for hydroxylation is 1. The molecular formula is C40H54N4O7. The molecule has 2 aromatic carbocycles. The molecule has 51 heavy (non-hydrogen) atoms. The minimum absolute atomic E-state index is 0.0305. The molecule has 276 valence electrons. The number of nitrogens with zero attached hydrogens (tertiary/aromatic N) is 2. The van der Waals surface area contributed by atoms with Crippen molar-refractivity contribution in [3.05, 3.63) is 77.5 Å². The predicted octanol–water partition coefficient (Wildman–Crippen LogP) is 7.52. The first-order valence-corrected chi connectivity index (χ1v) is 18.1.